The van der Waals surface area contributed by atoms with E-state index in [4.69, 9.17) is 4.74 Å². The second-order valence-corrected chi connectivity index (χ2v) is 5.68. The summed E-state index contributed by atoms with van der Waals surface area (Å²) in [6, 6.07) is 8.21. The van der Waals surface area contributed by atoms with Crippen molar-refractivity contribution >= 4 is 5.97 Å². The predicted molar refractivity (Wildman–Crippen MR) is 81.0 cm³/mol. The first-order chi connectivity index (χ1) is 9.52. The van der Waals surface area contributed by atoms with Crippen molar-refractivity contribution in [3.8, 4) is 0 Å². The molecule has 0 radical (unpaired) electrons. The molecule has 112 valence electrons. The minimum atomic E-state index is -0.888. The molecule has 20 heavy (non-hydrogen) atoms. The third-order valence-corrected chi connectivity index (χ3v) is 3.17. The molecule has 1 atom stereocenters. The standard InChI is InChI=1S/C17H26O3/c1-4-5-6-14-7-9-15(10-8-14)11-16(17(18)19)20-12-13(2)3/h7-10,13,16H,4-6,11-12H2,1-3H3,(H,18,19). The van der Waals surface area contributed by atoms with Crippen LogP contribution in [0, 0.1) is 5.92 Å². The molecule has 0 spiro atoms. The van der Waals surface area contributed by atoms with Gasteiger partial charge in [0.05, 0.1) is 6.61 Å². The monoisotopic (exact) mass is 278 g/mol. The van der Waals surface area contributed by atoms with Gasteiger partial charge in [0.25, 0.3) is 0 Å². The molecular formula is C17H26O3. The van der Waals surface area contributed by atoms with Gasteiger partial charge < -0.3 is 9.84 Å². The van der Waals surface area contributed by atoms with Crippen LogP contribution in [0.15, 0.2) is 24.3 Å². The molecule has 1 aromatic rings. The van der Waals surface area contributed by atoms with Gasteiger partial charge in [-0.3, -0.25) is 0 Å². The van der Waals surface area contributed by atoms with Crippen LogP contribution in [0.1, 0.15) is 44.7 Å². The second-order valence-electron chi connectivity index (χ2n) is 5.68. The normalized spacial score (nSPS) is 12.6. The van der Waals surface area contributed by atoms with Crippen LogP contribution in [0.3, 0.4) is 0 Å². The number of carboxylic acid groups (broad SMARTS) is 1. The number of rotatable bonds is 9. The average Bonchev–Trinajstić information content (AvgIpc) is 2.42. The summed E-state index contributed by atoms with van der Waals surface area (Å²) >= 11 is 0. The summed E-state index contributed by atoms with van der Waals surface area (Å²) in [6.45, 7) is 6.69. The molecule has 3 heteroatoms. The van der Waals surface area contributed by atoms with E-state index in [1.807, 2.05) is 26.0 Å². The third-order valence-electron chi connectivity index (χ3n) is 3.17. The first kappa shape index (κ1) is 16.7. The molecule has 0 saturated carbocycles. The summed E-state index contributed by atoms with van der Waals surface area (Å²) < 4.78 is 5.46. The van der Waals surface area contributed by atoms with Gasteiger partial charge in [-0.05, 0) is 29.9 Å². The highest BCUT2D eigenvalue weighted by atomic mass is 16.5. The summed E-state index contributed by atoms with van der Waals surface area (Å²) in [5, 5.41) is 9.19. The Labute approximate surface area is 122 Å². The van der Waals surface area contributed by atoms with Gasteiger partial charge in [-0.1, -0.05) is 51.5 Å². The molecule has 0 aliphatic carbocycles. The molecule has 0 amide bonds. The van der Waals surface area contributed by atoms with Gasteiger partial charge in [-0.15, -0.1) is 0 Å². The zero-order chi connectivity index (χ0) is 15.0. The zero-order valence-electron chi connectivity index (χ0n) is 12.8. The molecule has 1 unspecified atom stereocenters. The minimum Gasteiger partial charge on any atom is -0.479 e. The molecule has 0 bridgehead atoms. The Hall–Kier alpha value is -1.35. The molecular weight excluding hydrogens is 252 g/mol. The van der Waals surface area contributed by atoms with Gasteiger partial charge in [-0.25, -0.2) is 4.79 Å². The first-order valence-electron chi connectivity index (χ1n) is 7.45. The molecule has 0 aliphatic heterocycles. The Morgan fingerprint density at radius 2 is 1.80 bits per heavy atom. The van der Waals surface area contributed by atoms with E-state index < -0.39 is 12.1 Å². The van der Waals surface area contributed by atoms with Crippen molar-refractivity contribution in [1.82, 2.24) is 0 Å². The number of aryl methyl sites for hydroxylation is 1. The topological polar surface area (TPSA) is 46.5 Å². The van der Waals surface area contributed by atoms with Crippen molar-refractivity contribution in [2.75, 3.05) is 6.61 Å². The Balaban J connectivity index is 2.57. The zero-order valence-corrected chi connectivity index (χ0v) is 12.8. The Morgan fingerprint density at radius 3 is 2.30 bits per heavy atom. The fourth-order valence-electron chi connectivity index (χ4n) is 1.96. The van der Waals surface area contributed by atoms with Crippen molar-refractivity contribution < 1.29 is 14.6 Å². The van der Waals surface area contributed by atoms with Crippen molar-refractivity contribution in [2.45, 2.75) is 52.6 Å². The fraction of sp³-hybridized carbons (Fsp3) is 0.588. The lowest BCUT2D eigenvalue weighted by Gasteiger charge is -2.15. The number of unbranched alkanes of at least 4 members (excludes halogenated alkanes) is 1. The fourth-order valence-corrected chi connectivity index (χ4v) is 1.96. The second kappa shape index (κ2) is 8.75. The van der Waals surface area contributed by atoms with E-state index in [0.717, 1.165) is 12.0 Å². The first-order valence-corrected chi connectivity index (χ1v) is 7.45. The Kier molecular flexibility index (Phi) is 7.31. The summed E-state index contributed by atoms with van der Waals surface area (Å²) in [4.78, 5) is 11.2. The summed E-state index contributed by atoms with van der Waals surface area (Å²) in [7, 11) is 0. The lowest BCUT2D eigenvalue weighted by atomic mass is 10.0. The van der Waals surface area contributed by atoms with Crippen molar-refractivity contribution in [3.05, 3.63) is 35.4 Å². The maximum Gasteiger partial charge on any atom is 0.333 e. The van der Waals surface area contributed by atoms with Crippen LogP contribution in [0.25, 0.3) is 0 Å². The Morgan fingerprint density at radius 1 is 1.20 bits per heavy atom. The van der Waals surface area contributed by atoms with E-state index in [2.05, 4.69) is 19.1 Å². The molecule has 0 heterocycles. The molecule has 0 fully saturated rings. The van der Waals surface area contributed by atoms with Gasteiger partial charge in [0.15, 0.2) is 6.10 Å². The van der Waals surface area contributed by atoms with Crippen LogP contribution < -0.4 is 0 Å². The smallest absolute Gasteiger partial charge is 0.333 e. The van der Waals surface area contributed by atoms with Gasteiger partial charge in [0.2, 0.25) is 0 Å². The number of carbonyl (C=O) groups is 1. The van der Waals surface area contributed by atoms with Crippen LogP contribution in [0.5, 0.6) is 0 Å². The van der Waals surface area contributed by atoms with Crippen molar-refractivity contribution in [3.63, 3.8) is 0 Å². The third kappa shape index (κ3) is 6.20. The van der Waals surface area contributed by atoms with Crippen molar-refractivity contribution in [2.24, 2.45) is 5.92 Å². The van der Waals surface area contributed by atoms with E-state index in [1.165, 1.54) is 18.4 Å². The SMILES string of the molecule is CCCCc1ccc(CC(OCC(C)C)C(=O)O)cc1. The van der Waals surface area contributed by atoms with Gasteiger partial charge in [-0.2, -0.15) is 0 Å². The molecule has 0 aliphatic rings. The number of hydrogen-bond donors (Lipinski definition) is 1. The average molecular weight is 278 g/mol. The molecule has 1 rings (SSSR count). The summed E-state index contributed by atoms with van der Waals surface area (Å²) in [5.74, 6) is -0.547. The van der Waals surface area contributed by atoms with Crippen LogP contribution in [0.2, 0.25) is 0 Å². The van der Waals surface area contributed by atoms with E-state index in [0.29, 0.717) is 18.9 Å². The largest absolute Gasteiger partial charge is 0.479 e. The highest BCUT2D eigenvalue weighted by Crippen LogP contribution is 2.12. The molecule has 1 N–H and O–H groups in total. The van der Waals surface area contributed by atoms with Crippen LogP contribution in [-0.4, -0.2) is 23.8 Å². The van der Waals surface area contributed by atoms with E-state index >= 15 is 0 Å². The maximum absolute atomic E-state index is 11.2. The lowest BCUT2D eigenvalue weighted by molar-refractivity contribution is -0.150. The Bertz CT molecular complexity index is 395. The van der Waals surface area contributed by atoms with Crippen LogP contribution >= 0.6 is 0 Å². The quantitative estimate of drug-likeness (QED) is 0.749. The highest BCUT2D eigenvalue weighted by Gasteiger charge is 2.19. The van der Waals surface area contributed by atoms with Gasteiger partial charge in [0.1, 0.15) is 0 Å². The number of benzene rings is 1. The lowest BCUT2D eigenvalue weighted by Crippen LogP contribution is -2.28. The van der Waals surface area contributed by atoms with E-state index in [9.17, 15) is 9.90 Å². The minimum absolute atomic E-state index is 0.341. The molecule has 1 aromatic carbocycles. The van der Waals surface area contributed by atoms with Crippen molar-refractivity contribution in [1.29, 1.82) is 0 Å². The van der Waals surface area contributed by atoms with Crippen LogP contribution in [0.4, 0.5) is 0 Å². The molecule has 0 saturated heterocycles. The van der Waals surface area contributed by atoms with E-state index in [-0.39, 0.29) is 0 Å². The number of carboxylic acids is 1. The summed E-state index contributed by atoms with van der Waals surface area (Å²) in [5.41, 5.74) is 2.33. The predicted octanol–water partition coefficient (Wildman–Crippen LogP) is 3.70. The van der Waals surface area contributed by atoms with Gasteiger partial charge in [0, 0.05) is 6.42 Å². The number of ether oxygens (including phenoxy) is 1. The van der Waals surface area contributed by atoms with Gasteiger partial charge >= 0.3 is 5.97 Å². The summed E-state index contributed by atoms with van der Waals surface area (Å²) in [6.07, 6.45) is 3.14. The van der Waals surface area contributed by atoms with Crippen LogP contribution in [-0.2, 0) is 22.4 Å². The maximum atomic E-state index is 11.2. The molecule has 3 nitrogen and oxygen atoms in total. The number of hydrogen-bond acceptors (Lipinski definition) is 2. The molecule has 0 aromatic heterocycles. The number of aliphatic carboxylic acids is 1. The van der Waals surface area contributed by atoms with E-state index in [1.54, 1.807) is 0 Å². The highest BCUT2D eigenvalue weighted by molar-refractivity contribution is 5.72.